The van der Waals surface area contributed by atoms with Gasteiger partial charge in [-0.05, 0) is 50.4 Å². The highest BCUT2D eigenvalue weighted by Crippen LogP contribution is 2.35. The minimum atomic E-state index is 0.0795. The molecule has 1 aromatic carbocycles. The summed E-state index contributed by atoms with van der Waals surface area (Å²) in [6.45, 7) is 0.735. The predicted molar refractivity (Wildman–Crippen MR) is 93.5 cm³/mol. The van der Waals surface area contributed by atoms with Crippen molar-refractivity contribution in [2.75, 3.05) is 11.9 Å². The second kappa shape index (κ2) is 7.59. The van der Waals surface area contributed by atoms with E-state index in [4.69, 9.17) is 5.73 Å². The van der Waals surface area contributed by atoms with E-state index in [-0.39, 0.29) is 5.91 Å². The van der Waals surface area contributed by atoms with E-state index in [1.165, 1.54) is 19.3 Å². The summed E-state index contributed by atoms with van der Waals surface area (Å²) in [6, 6.07) is 5.89. The zero-order valence-electron chi connectivity index (χ0n) is 13.6. The Morgan fingerprint density at radius 3 is 2.83 bits per heavy atom. The van der Waals surface area contributed by atoms with Crippen molar-refractivity contribution >= 4 is 22.6 Å². The Balaban J connectivity index is 1.54. The van der Waals surface area contributed by atoms with E-state index in [0.717, 1.165) is 54.8 Å². The third-order valence-electron chi connectivity index (χ3n) is 4.63. The molecule has 0 radical (unpaired) electrons. The number of nitrogens with one attached hydrogen (secondary N) is 2. The topological polar surface area (TPSA) is 83.8 Å². The number of nitrogens with two attached hydrogens (primary N) is 1. The molecular weight excluding hydrogens is 288 g/mol. The predicted octanol–water partition coefficient (Wildman–Crippen LogP) is 3.68. The number of carbonyl (C=O) groups is 1. The fourth-order valence-electron chi connectivity index (χ4n) is 2.99. The van der Waals surface area contributed by atoms with Gasteiger partial charge >= 0.3 is 0 Å². The number of nitrogens with zero attached hydrogens (tertiary/aromatic N) is 1. The van der Waals surface area contributed by atoms with E-state index in [0.29, 0.717) is 12.3 Å². The molecule has 0 bridgehead atoms. The SMILES string of the molecule is NCCCCCCC(=O)Nc1ccc2nc(C3CCC3)[nH]c2c1. The summed E-state index contributed by atoms with van der Waals surface area (Å²) < 4.78 is 0. The molecule has 0 atom stereocenters. The maximum absolute atomic E-state index is 12.0. The number of carbonyl (C=O) groups excluding carboxylic acids is 1. The third-order valence-corrected chi connectivity index (χ3v) is 4.63. The average molecular weight is 314 g/mol. The van der Waals surface area contributed by atoms with Crippen molar-refractivity contribution in [1.82, 2.24) is 9.97 Å². The van der Waals surface area contributed by atoms with Gasteiger partial charge < -0.3 is 16.0 Å². The normalized spacial score (nSPS) is 14.8. The number of benzene rings is 1. The highest BCUT2D eigenvalue weighted by molar-refractivity contribution is 5.93. The van der Waals surface area contributed by atoms with Crippen molar-refractivity contribution in [2.45, 2.75) is 57.3 Å². The number of H-pyrrole nitrogens is 1. The van der Waals surface area contributed by atoms with Crippen LogP contribution in [0.25, 0.3) is 11.0 Å². The molecule has 3 rings (SSSR count). The molecule has 1 aromatic heterocycles. The van der Waals surface area contributed by atoms with Crippen LogP contribution in [0.5, 0.6) is 0 Å². The van der Waals surface area contributed by atoms with Crippen LogP contribution in [0.3, 0.4) is 0 Å². The van der Waals surface area contributed by atoms with E-state index in [1.807, 2.05) is 18.2 Å². The molecule has 124 valence electrons. The first-order chi connectivity index (χ1) is 11.3. The monoisotopic (exact) mass is 314 g/mol. The fraction of sp³-hybridized carbons (Fsp3) is 0.556. The van der Waals surface area contributed by atoms with E-state index < -0.39 is 0 Å². The number of aromatic nitrogens is 2. The van der Waals surface area contributed by atoms with Crippen LogP contribution in [-0.2, 0) is 4.79 Å². The fourth-order valence-corrected chi connectivity index (χ4v) is 2.99. The maximum atomic E-state index is 12.0. The molecule has 1 aliphatic carbocycles. The van der Waals surface area contributed by atoms with E-state index in [1.54, 1.807) is 0 Å². The maximum Gasteiger partial charge on any atom is 0.224 e. The number of amides is 1. The molecule has 0 spiro atoms. The van der Waals surface area contributed by atoms with Crippen LogP contribution in [-0.4, -0.2) is 22.4 Å². The summed E-state index contributed by atoms with van der Waals surface area (Å²) in [5.41, 5.74) is 8.29. The molecule has 0 unspecified atom stereocenters. The lowest BCUT2D eigenvalue weighted by molar-refractivity contribution is -0.116. The summed E-state index contributed by atoms with van der Waals surface area (Å²) in [4.78, 5) is 20.0. The molecule has 2 aromatic rings. The van der Waals surface area contributed by atoms with Crippen LogP contribution >= 0.6 is 0 Å². The van der Waals surface area contributed by atoms with E-state index in [2.05, 4.69) is 15.3 Å². The standard InChI is InChI=1S/C18H26N4O/c19-11-4-2-1-3-8-17(23)20-14-9-10-15-16(12-14)22-18(21-15)13-6-5-7-13/h9-10,12-13H,1-8,11,19H2,(H,20,23)(H,21,22). The Morgan fingerprint density at radius 1 is 1.26 bits per heavy atom. The zero-order valence-corrected chi connectivity index (χ0v) is 13.6. The first-order valence-electron chi connectivity index (χ1n) is 8.76. The first-order valence-corrected chi connectivity index (χ1v) is 8.76. The third kappa shape index (κ3) is 4.10. The Bertz CT molecular complexity index is 660. The van der Waals surface area contributed by atoms with Gasteiger partial charge in [0.15, 0.2) is 0 Å². The van der Waals surface area contributed by atoms with E-state index in [9.17, 15) is 4.79 Å². The minimum Gasteiger partial charge on any atom is -0.342 e. The number of rotatable bonds is 8. The van der Waals surface area contributed by atoms with Crippen molar-refractivity contribution in [3.05, 3.63) is 24.0 Å². The van der Waals surface area contributed by atoms with Crippen LogP contribution in [0.1, 0.15) is 63.1 Å². The number of unbranched alkanes of at least 4 members (excludes halogenated alkanes) is 3. The molecule has 23 heavy (non-hydrogen) atoms. The van der Waals surface area contributed by atoms with Crippen molar-refractivity contribution in [3.63, 3.8) is 0 Å². The molecular formula is C18H26N4O. The molecule has 1 aliphatic rings. The quantitative estimate of drug-likeness (QED) is 0.650. The molecule has 5 heteroatoms. The molecule has 0 saturated heterocycles. The van der Waals surface area contributed by atoms with Crippen LogP contribution < -0.4 is 11.1 Å². The Hall–Kier alpha value is -1.88. The van der Waals surface area contributed by atoms with Crippen LogP contribution in [0.4, 0.5) is 5.69 Å². The summed E-state index contributed by atoms with van der Waals surface area (Å²) in [5, 5.41) is 2.98. The van der Waals surface area contributed by atoms with Crippen LogP contribution in [0, 0.1) is 0 Å². The van der Waals surface area contributed by atoms with Gasteiger partial charge in [-0.25, -0.2) is 4.98 Å². The number of hydrogen-bond acceptors (Lipinski definition) is 3. The first kappa shape index (κ1) is 16.0. The van der Waals surface area contributed by atoms with Gasteiger partial charge in [0.1, 0.15) is 5.82 Å². The zero-order chi connectivity index (χ0) is 16.1. The van der Waals surface area contributed by atoms with Gasteiger partial charge in [0.2, 0.25) is 5.91 Å². The number of aromatic amines is 1. The second-order valence-electron chi connectivity index (χ2n) is 6.48. The summed E-state index contributed by atoms with van der Waals surface area (Å²) in [5.74, 6) is 1.76. The van der Waals surface area contributed by atoms with Crippen LogP contribution in [0.2, 0.25) is 0 Å². The Kier molecular flexibility index (Phi) is 5.28. The molecule has 0 aliphatic heterocycles. The van der Waals surface area contributed by atoms with Crippen molar-refractivity contribution in [3.8, 4) is 0 Å². The average Bonchev–Trinajstić information content (AvgIpc) is 2.87. The molecule has 5 nitrogen and oxygen atoms in total. The summed E-state index contributed by atoms with van der Waals surface area (Å²) >= 11 is 0. The van der Waals surface area contributed by atoms with E-state index >= 15 is 0 Å². The second-order valence-corrected chi connectivity index (χ2v) is 6.48. The van der Waals surface area contributed by atoms with Gasteiger partial charge in [0.25, 0.3) is 0 Å². The highest BCUT2D eigenvalue weighted by Gasteiger charge is 2.22. The van der Waals surface area contributed by atoms with Gasteiger partial charge in [-0.1, -0.05) is 19.3 Å². The van der Waals surface area contributed by atoms with Crippen molar-refractivity contribution in [2.24, 2.45) is 5.73 Å². The minimum absolute atomic E-state index is 0.0795. The number of fused-ring (bicyclic) bond motifs is 1. The molecule has 1 heterocycles. The lowest BCUT2D eigenvalue weighted by Gasteiger charge is -2.22. The van der Waals surface area contributed by atoms with Gasteiger partial charge in [0.05, 0.1) is 11.0 Å². The lowest BCUT2D eigenvalue weighted by atomic mass is 9.85. The number of imidazole rings is 1. The molecule has 1 amide bonds. The summed E-state index contributed by atoms with van der Waals surface area (Å²) in [6.07, 6.45) is 8.46. The smallest absolute Gasteiger partial charge is 0.224 e. The lowest BCUT2D eigenvalue weighted by Crippen LogP contribution is -2.11. The summed E-state index contributed by atoms with van der Waals surface area (Å²) in [7, 11) is 0. The van der Waals surface area contributed by atoms with Gasteiger partial charge in [-0.15, -0.1) is 0 Å². The van der Waals surface area contributed by atoms with Crippen molar-refractivity contribution < 1.29 is 4.79 Å². The van der Waals surface area contributed by atoms with Crippen molar-refractivity contribution in [1.29, 1.82) is 0 Å². The highest BCUT2D eigenvalue weighted by atomic mass is 16.1. The van der Waals surface area contributed by atoms with Gasteiger partial charge in [0, 0.05) is 18.0 Å². The molecule has 1 saturated carbocycles. The van der Waals surface area contributed by atoms with Gasteiger partial charge in [-0.2, -0.15) is 0 Å². The Labute approximate surface area is 137 Å². The van der Waals surface area contributed by atoms with Gasteiger partial charge in [-0.3, -0.25) is 4.79 Å². The van der Waals surface area contributed by atoms with Crippen LogP contribution in [0.15, 0.2) is 18.2 Å². The number of anilines is 1. The molecule has 4 N–H and O–H groups in total. The number of hydrogen-bond donors (Lipinski definition) is 3. The molecule has 1 fully saturated rings. The largest absolute Gasteiger partial charge is 0.342 e. The Morgan fingerprint density at radius 2 is 2.09 bits per heavy atom.